The molecule has 9 heteroatoms. The SMILES string of the molecule is CC(C)NC(=O)N1CCN(C2=Nc3ccc(C(F)(F)F)cc3Oc3ccccc32)CC1C. The molecular formula is C23H25F3N4O2. The van der Waals surface area contributed by atoms with Crippen LogP contribution in [0.2, 0.25) is 0 Å². The molecule has 0 aliphatic carbocycles. The van der Waals surface area contributed by atoms with Crippen LogP contribution in [0.3, 0.4) is 0 Å². The molecule has 32 heavy (non-hydrogen) atoms. The first kappa shape index (κ1) is 22.0. The highest BCUT2D eigenvalue weighted by Crippen LogP contribution is 2.42. The highest BCUT2D eigenvalue weighted by Gasteiger charge is 2.34. The van der Waals surface area contributed by atoms with Gasteiger partial charge in [-0.1, -0.05) is 12.1 Å². The van der Waals surface area contributed by atoms with E-state index in [-0.39, 0.29) is 23.9 Å². The van der Waals surface area contributed by atoms with Gasteiger partial charge in [0.1, 0.15) is 17.3 Å². The van der Waals surface area contributed by atoms with E-state index in [9.17, 15) is 18.0 Å². The van der Waals surface area contributed by atoms with Crippen molar-refractivity contribution in [1.82, 2.24) is 15.1 Å². The van der Waals surface area contributed by atoms with Crippen molar-refractivity contribution in [3.63, 3.8) is 0 Å². The molecule has 170 valence electrons. The smallest absolute Gasteiger partial charge is 0.416 e. The van der Waals surface area contributed by atoms with Gasteiger partial charge in [0.15, 0.2) is 5.75 Å². The monoisotopic (exact) mass is 446 g/mol. The minimum Gasteiger partial charge on any atom is -0.454 e. The number of urea groups is 1. The zero-order valence-corrected chi connectivity index (χ0v) is 18.1. The van der Waals surface area contributed by atoms with Gasteiger partial charge >= 0.3 is 12.2 Å². The van der Waals surface area contributed by atoms with E-state index in [4.69, 9.17) is 9.73 Å². The Labute approximate surface area is 184 Å². The lowest BCUT2D eigenvalue weighted by Gasteiger charge is -2.41. The third-order valence-corrected chi connectivity index (χ3v) is 5.46. The van der Waals surface area contributed by atoms with Crippen molar-refractivity contribution in [3.05, 3.63) is 53.6 Å². The quantitative estimate of drug-likeness (QED) is 0.670. The van der Waals surface area contributed by atoms with Crippen molar-refractivity contribution < 1.29 is 22.7 Å². The van der Waals surface area contributed by atoms with Crippen LogP contribution in [0.15, 0.2) is 47.5 Å². The molecule has 0 radical (unpaired) electrons. The number of fused-ring (bicyclic) bond motifs is 2. The molecule has 1 fully saturated rings. The highest BCUT2D eigenvalue weighted by atomic mass is 19.4. The van der Waals surface area contributed by atoms with Gasteiger partial charge in [-0.15, -0.1) is 0 Å². The lowest BCUT2D eigenvalue weighted by molar-refractivity contribution is -0.137. The molecule has 6 nitrogen and oxygen atoms in total. The number of carbonyl (C=O) groups excluding carboxylic acids is 1. The van der Waals surface area contributed by atoms with Crippen LogP contribution in [0.25, 0.3) is 0 Å². The molecule has 0 spiro atoms. The molecule has 1 N–H and O–H groups in total. The van der Waals surface area contributed by atoms with Crippen molar-refractivity contribution >= 4 is 17.6 Å². The molecular weight excluding hydrogens is 421 g/mol. The van der Waals surface area contributed by atoms with Gasteiger partial charge in [-0.05, 0) is 51.1 Å². The second-order valence-corrected chi connectivity index (χ2v) is 8.31. The Bertz CT molecular complexity index is 1050. The molecule has 2 amide bonds. The zero-order chi connectivity index (χ0) is 23.0. The summed E-state index contributed by atoms with van der Waals surface area (Å²) in [7, 11) is 0. The van der Waals surface area contributed by atoms with Crippen LogP contribution in [0.4, 0.5) is 23.7 Å². The number of aliphatic imine (C=N–C) groups is 1. The van der Waals surface area contributed by atoms with E-state index >= 15 is 0 Å². The average molecular weight is 446 g/mol. The molecule has 0 aromatic heterocycles. The first-order valence-electron chi connectivity index (χ1n) is 10.5. The summed E-state index contributed by atoms with van der Waals surface area (Å²) in [5, 5.41) is 2.92. The number of hydrogen-bond donors (Lipinski definition) is 1. The summed E-state index contributed by atoms with van der Waals surface area (Å²) in [6.07, 6.45) is -4.47. The number of nitrogens with one attached hydrogen (secondary N) is 1. The highest BCUT2D eigenvalue weighted by molar-refractivity contribution is 6.03. The van der Waals surface area contributed by atoms with Crippen molar-refractivity contribution in [2.75, 3.05) is 19.6 Å². The summed E-state index contributed by atoms with van der Waals surface area (Å²) >= 11 is 0. The van der Waals surface area contributed by atoms with Gasteiger partial charge in [-0.2, -0.15) is 13.2 Å². The predicted octanol–water partition coefficient (Wildman–Crippen LogP) is 5.01. The van der Waals surface area contributed by atoms with E-state index in [0.717, 1.165) is 12.1 Å². The van der Waals surface area contributed by atoms with Gasteiger partial charge in [0.05, 0.1) is 11.1 Å². The molecule has 1 atom stereocenters. The Morgan fingerprint density at radius 3 is 2.59 bits per heavy atom. The number of amidine groups is 1. The third kappa shape index (κ3) is 4.37. The normalized spacial score (nSPS) is 18.3. The van der Waals surface area contributed by atoms with Gasteiger partial charge in [0, 0.05) is 31.7 Å². The average Bonchev–Trinajstić information content (AvgIpc) is 2.88. The van der Waals surface area contributed by atoms with Crippen LogP contribution in [0, 0.1) is 0 Å². The molecule has 2 aromatic rings. The first-order valence-corrected chi connectivity index (χ1v) is 10.5. The van der Waals surface area contributed by atoms with E-state index in [1.807, 2.05) is 32.9 Å². The van der Waals surface area contributed by atoms with Gasteiger partial charge in [0.2, 0.25) is 0 Å². The summed E-state index contributed by atoms with van der Waals surface area (Å²) < 4.78 is 45.5. The van der Waals surface area contributed by atoms with Gasteiger partial charge in [0.25, 0.3) is 0 Å². The van der Waals surface area contributed by atoms with Crippen molar-refractivity contribution in [1.29, 1.82) is 0 Å². The Balaban J connectivity index is 1.67. The topological polar surface area (TPSA) is 57.2 Å². The van der Waals surface area contributed by atoms with Crippen LogP contribution < -0.4 is 10.1 Å². The number of halogens is 3. The minimum absolute atomic E-state index is 0.0427. The van der Waals surface area contributed by atoms with E-state index in [1.165, 1.54) is 6.07 Å². The Kier molecular flexibility index (Phi) is 5.75. The van der Waals surface area contributed by atoms with Crippen LogP contribution in [-0.4, -0.2) is 53.4 Å². The lowest BCUT2D eigenvalue weighted by atomic mass is 10.1. The molecule has 2 aromatic carbocycles. The molecule has 1 unspecified atom stereocenters. The van der Waals surface area contributed by atoms with E-state index in [1.54, 1.807) is 17.0 Å². The molecule has 2 heterocycles. The maximum Gasteiger partial charge on any atom is 0.416 e. The van der Waals surface area contributed by atoms with Crippen LogP contribution in [0.1, 0.15) is 31.9 Å². The van der Waals surface area contributed by atoms with Crippen LogP contribution >= 0.6 is 0 Å². The largest absolute Gasteiger partial charge is 0.454 e. The number of alkyl halides is 3. The molecule has 1 saturated heterocycles. The number of hydrogen-bond acceptors (Lipinski definition) is 4. The fraction of sp³-hybridized carbons (Fsp3) is 0.391. The van der Waals surface area contributed by atoms with Crippen molar-refractivity contribution in [2.45, 2.75) is 39.0 Å². The van der Waals surface area contributed by atoms with Crippen molar-refractivity contribution in [2.24, 2.45) is 4.99 Å². The molecule has 2 aliphatic heterocycles. The van der Waals surface area contributed by atoms with Gasteiger partial charge in [-0.25, -0.2) is 9.79 Å². The molecule has 0 saturated carbocycles. The molecule has 0 bridgehead atoms. The second kappa shape index (κ2) is 8.37. The Morgan fingerprint density at radius 1 is 1.16 bits per heavy atom. The lowest BCUT2D eigenvalue weighted by Crippen LogP contribution is -2.58. The standard InChI is InChI=1S/C23H25F3N4O2/c1-14(2)27-22(31)30-11-10-29(13-15(30)3)21-17-6-4-5-7-19(17)32-20-12-16(23(24,25)26)8-9-18(20)28-21/h4-9,12,14-15H,10-11,13H2,1-3H3,(H,27,31). The Morgan fingerprint density at radius 2 is 1.91 bits per heavy atom. The summed E-state index contributed by atoms with van der Waals surface area (Å²) in [6, 6.07) is 10.4. The summed E-state index contributed by atoms with van der Waals surface area (Å²) in [4.78, 5) is 21.0. The number of benzene rings is 2. The van der Waals surface area contributed by atoms with Gasteiger partial charge in [-0.3, -0.25) is 0 Å². The first-order chi connectivity index (χ1) is 15.1. The second-order valence-electron chi connectivity index (χ2n) is 8.31. The summed E-state index contributed by atoms with van der Waals surface area (Å²) in [6.45, 7) is 7.37. The molecule has 2 aliphatic rings. The van der Waals surface area contributed by atoms with Crippen LogP contribution in [-0.2, 0) is 6.18 Å². The number of nitrogens with zero attached hydrogens (tertiary/aromatic N) is 3. The van der Waals surface area contributed by atoms with Crippen LogP contribution in [0.5, 0.6) is 11.5 Å². The summed E-state index contributed by atoms with van der Waals surface area (Å²) in [5.74, 6) is 1.12. The zero-order valence-electron chi connectivity index (χ0n) is 18.1. The third-order valence-electron chi connectivity index (χ3n) is 5.46. The number of rotatable bonds is 1. The predicted molar refractivity (Wildman–Crippen MR) is 116 cm³/mol. The maximum atomic E-state index is 13.2. The minimum atomic E-state index is -4.47. The number of piperazine rings is 1. The van der Waals surface area contributed by atoms with E-state index in [2.05, 4.69) is 10.2 Å². The van der Waals surface area contributed by atoms with Crippen molar-refractivity contribution in [3.8, 4) is 11.5 Å². The number of amides is 2. The summed E-state index contributed by atoms with van der Waals surface area (Å²) in [5.41, 5.74) is 0.243. The Hall–Kier alpha value is -3.23. The maximum absolute atomic E-state index is 13.2. The van der Waals surface area contributed by atoms with Gasteiger partial charge < -0.3 is 19.9 Å². The van der Waals surface area contributed by atoms with E-state index < -0.39 is 11.7 Å². The number of para-hydroxylation sites is 1. The fourth-order valence-electron chi connectivity index (χ4n) is 3.92. The van der Waals surface area contributed by atoms with E-state index in [0.29, 0.717) is 42.5 Å². The fourth-order valence-corrected chi connectivity index (χ4v) is 3.92. The number of ether oxygens (including phenoxy) is 1. The molecule has 4 rings (SSSR count). The number of carbonyl (C=O) groups is 1.